The molecule has 0 unspecified atom stereocenters. The molecule has 80 valence electrons. The first-order chi connectivity index (χ1) is 7.68. The Morgan fingerprint density at radius 2 is 1.69 bits per heavy atom. The standard InChI is InChI=1S/C14H11BrO/c1-10(16)13-9-12(7-8-14(13)15)11-5-3-2-4-6-11/h2-9H,1H3. The second kappa shape index (κ2) is 4.62. The maximum absolute atomic E-state index is 11.4. The van der Waals surface area contributed by atoms with Crippen molar-refractivity contribution in [1.29, 1.82) is 0 Å². The predicted octanol–water partition coefficient (Wildman–Crippen LogP) is 4.32. The molecule has 16 heavy (non-hydrogen) atoms. The fraction of sp³-hybridized carbons (Fsp3) is 0.0714. The van der Waals surface area contributed by atoms with Gasteiger partial charge < -0.3 is 0 Å². The van der Waals surface area contributed by atoms with E-state index < -0.39 is 0 Å². The normalized spacial score (nSPS) is 10.1. The van der Waals surface area contributed by atoms with Crippen molar-refractivity contribution in [3.63, 3.8) is 0 Å². The minimum atomic E-state index is 0.0738. The number of carbonyl (C=O) groups excluding carboxylic acids is 1. The monoisotopic (exact) mass is 274 g/mol. The van der Waals surface area contributed by atoms with Crippen LogP contribution in [0, 0.1) is 0 Å². The molecule has 0 fully saturated rings. The molecule has 0 bridgehead atoms. The van der Waals surface area contributed by atoms with Crippen molar-refractivity contribution in [2.24, 2.45) is 0 Å². The molecular formula is C14H11BrO. The summed E-state index contributed by atoms with van der Waals surface area (Å²) in [5.74, 6) is 0.0738. The van der Waals surface area contributed by atoms with Crippen LogP contribution in [0.1, 0.15) is 17.3 Å². The zero-order valence-electron chi connectivity index (χ0n) is 8.91. The first-order valence-electron chi connectivity index (χ1n) is 5.04. The van der Waals surface area contributed by atoms with Crippen LogP contribution in [0.15, 0.2) is 53.0 Å². The van der Waals surface area contributed by atoms with Gasteiger partial charge >= 0.3 is 0 Å². The number of halogens is 1. The van der Waals surface area contributed by atoms with Crippen LogP contribution in [-0.2, 0) is 0 Å². The molecule has 1 nitrogen and oxygen atoms in total. The summed E-state index contributed by atoms with van der Waals surface area (Å²) >= 11 is 3.38. The molecule has 2 heteroatoms. The van der Waals surface area contributed by atoms with Gasteiger partial charge in [-0.05, 0) is 30.2 Å². The van der Waals surface area contributed by atoms with Crippen LogP contribution < -0.4 is 0 Å². The van der Waals surface area contributed by atoms with Crippen LogP contribution in [0.4, 0.5) is 0 Å². The van der Waals surface area contributed by atoms with E-state index in [-0.39, 0.29) is 5.78 Å². The van der Waals surface area contributed by atoms with Crippen LogP contribution >= 0.6 is 15.9 Å². The van der Waals surface area contributed by atoms with Gasteiger partial charge in [0.25, 0.3) is 0 Å². The van der Waals surface area contributed by atoms with Gasteiger partial charge in [-0.25, -0.2) is 0 Å². The fourth-order valence-electron chi connectivity index (χ4n) is 1.61. The minimum absolute atomic E-state index is 0.0738. The highest BCUT2D eigenvalue weighted by atomic mass is 79.9. The van der Waals surface area contributed by atoms with Gasteiger partial charge in [0, 0.05) is 10.0 Å². The molecule has 0 radical (unpaired) electrons. The number of ketones is 1. The molecule has 0 aromatic heterocycles. The summed E-state index contributed by atoms with van der Waals surface area (Å²) in [5.41, 5.74) is 2.91. The highest BCUT2D eigenvalue weighted by molar-refractivity contribution is 9.10. The Kier molecular flexibility index (Phi) is 3.20. The van der Waals surface area contributed by atoms with Gasteiger partial charge in [0.15, 0.2) is 5.78 Å². The van der Waals surface area contributed by atoms with E-state index in [0.717, 1.165) is 21.2 Å². The molecule has 2 aromatic carbocycles. The fourth-order valence-corrected chi connectivity index (χ4v) is 2.13. The van der Waals surface area contributed by atoms with Crippen molar-refractivity contribution < 1.29 is 4.79 Å². The Morgan fingerprint density at radius 3 is 2.31 bits per heavy atom. The third-order valence-electron chi connectivity index (χ3n) is 2.45. The maximum atomic E-state index is 11.4. The first-order valence-corrected chi connectivity index (χ1v) is 5.83. The highest BCUT2D eigenvalue weighted by Crippen LogP contribution is 2.25. The number of rotatable bonds is 2. The summed E-state index contributed by atoms with van der Waals surface area (Å²) in [7, 11) is 0. The predicted molar refractivity (Wildman–Crippen MR) is 69.6 cm³/mol. The molecule has 0 amide bonds. The van der Waals surface area contributed by atoms with Crippen molar-refractivity contribution in [3.8, 4) is 11.1 Å². The van der Waals surface area contributed by atoms with Crippen LogP contribution in [0.2, 0.25) is 0 Å². The van der Waals surface area contributed by atoms with E-state index in [9.17, 15) is 4.79 Å². The maximum Gasteiger partial charge on any atom is 0.160 e. The lowest BCUT2D eigenvalue weighted by Gasteiger charge is -2.05. The Balaban J connectivity index is 2.52. The summed E-state index contributed by atoms with van der Waals surface area (Å²) in [5, 5.41) is 0. The van der Waals surface area contributed by atoms with Gasteiger partial charge in [0.1, 0.15) is 0 Å². The van der Waals surface area contributed by atoms with Gasteiger partial charge in [0.2, 0.25) is 0 Å². The van der Waals surface area contributed by atoms with Crippen molar-refractivity contribution >= 4 is 21.7 Å². The molecular weight excluding hydrogens is 264 g/mol. The molecule has 0 saturated heterocycles. The lowest BCUT2D eigenvalue weighted by Crippen LogP contribution is -1.94. The van der Waals surface area contributed by atoms with Crippen LogP contribution in [0.3, 0.4) is 0 Å². The van der Waals surface area contributed by atoms with Crippen LogP contribution in [0.5, 0.6) is 0 Å². The van der Waals surface area contributed by atoms with E-state index in [1.165, 1.54) is 0 Å². The molecule has 0 aliphatic rings. The first kappa shape index (κ1) is 11.1. The summed E-state index contributed by atoms with van der Waals surface area (Å²) in [6.45, 7) is 1.58. The van der Waals surface area contributed by atoms with E-state index >= 15 is 0 Å². The third-order valence-corrected chi connectivity index (χ3v) is 3.14. The molecule has 0 aliphatic heterocycles. The van der Waals surface area contributed by atoms with Crippen LogP contribution in [-0.4, -0.2) is 5.78 Å². The Morgan fingerprint density at radius 1 is 1.00 bits per heavy atom. The van der Waals surface area contributed by atoms with Crippen molar-refractivity contribution in [2.75, 3.05) is 0 Å². The van der Waals surface area contributed by atoms with Gasteiger partial charge in [-0.1, -0.05) is 52.3 Å². The number of benzene rings is 2. The van der Waals surface area contributed by atoms with Gasteiger partial charge in [0.05, 0.1) is 0 Å². The zero-order chi connectivity index (χ0) is 11.5. The number of Topliss-reactive ketones (excluding diaryl/α,β-unsaturated/α-hetero) is 1. The average molecular weight is 275 g/mol. The Bertz CT molecular complexity index is 518. The zero-order valence-corrected chi connectivity index (χ0v) is 10.5. The Hall–Kier alpha value is -1.41. The highest BCUT2D eigenvalue weighted by Gasteiger charge is 2.06. The average Bonchev–Trinajstić information content (AvgIpc) is 2.30. The van der Waals surface area contributed by atoms with E-state index in [4.69, 9.17) is 0 Å². The van der Waals surface area contributed by atoms with E-state index in [1.807, 2.05) is 48.5 Å². The van der Waals surface area contributed by atoms with E-state index in [1.54, 1.807) is 6.92 Å². The second-order valence-electron chi connectivity index (χ2n) is 3.62. The van der Waals surface area contributed by atoms with Gasteiger partial charge in [-0.3, -0.25) is 4.79 Å². The molecule has 0 saturated carbocycles. The topological polar surface area (TPSA) is 17.1 Å². The minimum Gasteiger partial charge on any atom is -0.294 e. The number of carbonyl (C=O) groups is 1. The van der Waals surface area contributed by atoms with Gasteiger partial charge in [-0.2, -0.15) is 0 Å². The third kappa shape index (κ3) is 2.22. The van der Waals surface area contributed by atoms with E-state index in [0.29, 0.717) is 0 Å². The van der Waals surface area contributed by atoms with Gasteiger partial charge in [-0.15, -0.1) is 0 Å². The number of hydrogen-bond donors (Lipinski definition) is 0. The van der Waals surface area contributed by atoms with Crippen LogP contribution in [0.25, 0.3) is 11.1 Å². The number of hydrogen-bond acceptors (Lipinski definition) is 1. The quantitative estimate of drug-likeness (QED) is 0.746. The van der Waals surface area contributed by atoms with Crippen molar-refractivity contribution in [2.45, 2.75) is 6.92 Å². The molecule has 0 spiro atoms. The lowest BCUT2D eigenvalue weighted by atomic mass is 10.0. The lowest BCUT2D eigenvalue weighted by molar-refractivity contribution is 0.101. The molecule has 2 rings (SSSR count). The summed E-state index contributed by atoms with van der Waals surface area (Å²) < 4.78 is 0.847. The molecule has 2 aromatic rings. The molecule has 0 aliphatic carbocycles. The van der Waals surface area contributed by atoms with Crippen molar-refractivity contribution in [3.05, 3.63) is 58.6 Å². The van der Waals surface area contributed by atoms with Crippen molar-refractivity contribution in [1.82, 2.24) is 0 Å². The Labute approximate surface area is 103 Å². The molecule has 0 heterocycles. The summed E-state index contributed by atoms with van der Waals surface area (Å²) in [6.07, 6.45) is 0. The summed E-state index contributed by atoms with van der Waals surface area (Å²) in [6, 6.07) is 15.9. The SMILES string of the molecule is CC(=O)c1cc(-c2ccccc2)ccc1Br. The molecule has 0 atom stereocenters. The smallest absolute Gasteiger partial charge is 0.160 e. The largest absolute Gasteiger partial charge is 0.294 e. The molecule has 0 N–H and O–H groups in total. The second-order valence-corrected chi connectivity index (χ2v) is 4.47. The summed E-state index contributed by atoms with van der Waals surface area (Å²) in [4.78, 5) is 11.4. The van der Waals surface area contributed by atoms with E-state index in [2.05, 4.69) is 15.9 Å².